The summed E-state index contributed by atoms with van der Waals surface area (Å²) in [6.07, 6.45) is 5.90. The molecule has 2 nitrogen and oxygen atoms in total. The Hall–Kier alpha value is -1.67. The van der Waals surface area contributed by atoms with Gasteiger partial charge in [-0.15, -0.1) is 0 Å². The molecule has 20 heavy (non-hydrogen) atoms. The fourth-order valence-corrected chi connectivity index (χ4v) is 2.50. The van der Waals surface area contributed by atoms with Crippen LogP contribution in [0.15, 0.2) is 42.7 Å². The fourth-order valence-electron chi connectivity index (χ4n) is 2.50. The molecular formula is C18H24N2. The maximum absolute atomic E-state index is 4.10. The summed E-state index contributed by atoms with van der Waals surface area (Å²) in [7, 11) is 0. The molecule has 0 radical (unpaired) electrons. The van der Waals surface area contributed by atoms with Crippen LogP contribution < -0.4 is 5.32 Å². The molecule has 0 bridgehead atoms. The molecule has 0 aliphatic carbocycles. The average Bonchev–Trinajstić information content (AvgIpc) is 2.47. The number of pyridine rings is 1. The molecule has 1 aromatic carbocycles. The SMILES string of the molecule is CCCNC(Cc1ccncc1)c1cc(C)ccc1C. The molecule has 0 spiro atoms. The highest BCUT2D eigenvalue weighted by Gasteiger charge is 2.14. The van der Waals surface area contributed by atoms with Crippen molar-refractivity contribution in [2.75, 3.05) is 6.54 Å². The van der Waals surface area contributed by atoms with Gasteiger partial charge < -0.3 is 5.32 Å². The lowest BCUT2D eigenvalue weighted by Crippen LogP contribution is -2.25. The maximum atomic E-state index is 4.10. The van der Waals surface area contributed by atoms with Gasteiger partial charge in [-0.05, 0) is 62.1 Å². The van der Waals surface area contributed by atoms with Gasteiger partial charge in [0.2, 0.25) is 0 Å². The van der Waals surface area contributed by atoms with Crippen LogP contribution in [0.3, 0.4) is 0 Å². The smallest absolute Gasteiger partial charge is 0.0363 e. The third kappa shape index (κ3) is 3.91. The number of rotatable bonds is 6. The van der Waals surface area contributed by atoms with Crippen molar-refractivity contribution in [1.29, 1.82) is 0 Å². The van der Waals surface area contributed by atoms with Crippen LogP contribution in [0.25, 0.3) is 0 Å². The molecule has 0 amide bonds. The molecule has 0 aliphatic rings. The minimum Gasteiger partial charge on any atom is -0.310 e. The van der Waals surface area contributed by atoms with Crippen molar-refractivity contribution in [3.8, 4) is 0 Å². The lowest BCUT2D eigenvalue weighted by Gasteiger charge is -2.21. The molecule has 2 aromatic rings. The van der Waals surface area contributed by atoms with E-state index in [1.54, 1.807) is 0 Å². The number of aromatic nitrogens is 1. The fraction of sp³-hybridized carbons (Fsp3) is 0.389. The molecule has 0 aliphatic heterocycles. The first kappa shape index (κ1) is 14.7. The largest absolute Gasteiger partial charge is 0.310 e. The second-order valence-electron chi connectivity index (χ2n) is 5.43. The van der Waals surface area contributed by atoms with Gasteiger partial charge in [0.05, 0.1) is 0 Å². The Morgan fingerprint density at radius 2 is 1.85 bits per heavy atom. The Bertz CT molecular complexity index is 534. The Kier molecular flexibility index (Phi) is 5.31. The molecular weight excluding hydrogens is 244 g/mol. The predicted molar refractivity (Wildman–Crippen MR) is 84.9 cm³/mol. The molecule has 0 saturated heterocycles. The van der Waals surface area contributed by atoms with E-state index in [2.05, 4.69) is 61.4 Å². The van der Waals surface area contributed by atoms with Gasteiger partial charge in [0.1, 0.15) is 0 Å². The van der Waals surface area contributed by atoms with Gasteiger partial charge >= 0.3 is 0 Å². The Morgan fingerprint density at radius 1 is 1.10 bits per heavy atom. The summed E-state index contributed by atoms with van der Waals surface area (Å²) in [5, 5.41) is 3.68. The van der Waals surface area contributed by atoms with Gasteiger partial charge in [0, 0.05) is 18.4 Å². The van der Waals surface area contributed by atoms with Crippen LogP contribution in [0.4, 0.5) is 0 Å². The van der Waals surface area contributed by atoms with Crippen molar-refractivity contribution < 1.29 is 0 Å². The summed E-state index contributed by atoms with van der Waals surface area (Å²) < 4.78 is 0. The van der Waals surface area contributed by atoms with E-state index in [0.29, 0.717) is 6.04 Å². The number of nitrogens with zero attached hydrogens (tertiary/aromatic N) is 1. The zero-order valence-electron chi connectivity index (χ0n) is 12.7. The minimum atomic E-state index is 0.372. The van der Waals surface area contributed by atoms with Gasteiger partial charge in [0.25, 0.3) is 0 Å². The molecule has 2 heteroatoms. The van der Waals surface area contributed by atoms with Gasteiger partial charge in [0.15, 0.2) is 0 Å². The first-order valence-electron chi connectivity index (χ1n) is 7.40. The first-order valence-corrected chi connectivity index (χ1v) is 7.40. The Labute approximate surface area is 122 Å². The Morgan fingerprint density at radius 3 is 2.55 bits per heavy atom. The first-order chi connectivity index (χ1) is 9.70. The number of aryl methyl sites for hydroxylation is 2. The third-order valence-electron chi connectivity index (χ3n) is 3.64. The van der Waals surface area contributed by atoms with E-state index in [9.17, 15) is 0 Å². The zero-order chi connectivity index (χ0) is 14.4. The number of hydrogen-bond acceptors (Lipinski definition) is 2. The van der Waals surface area contributed by atoms with E-state index in [1.807, 2.05) is 12.4 Å². The zero-order valence-corrected chi connectivity index (χ0v) is 12.7. The van der Waals surface area contributed by atoms with Crippen molar-refractivity contribution >= 4 is 0 Å². The van der Waals surface area contributed by atoms with Crippen LogP contribution in [0.2, 0.25) is 0 Å². The third-order valence-corrected chi connectivity index (χ3v) is 3.64. The highest BCUT2D eigenvalue weighted by atomic mass is 14.9. The monoisotopic (exact) mass is 268 g/mol. The van der Waals surface area contributed by atoms with E-state index in [4.69, 9.17) is 0 Å². The predicted octanol–water partition coefficient (Wildman–Crippen LogP) is 3.98. The van der Waals surface area contributed by atoms with E-state index < -0.39 is 0 Å². The van der Waals surface area contributed by atoms with E-state index in [1.165, 1.54) is 22.3 Å². The second kappa shape index (κ2) is 7.20. The van der Waals surface area contributed by atoms with Crippen LogP contribution in [0.5, 0.6) is 0 Å². The normalized spacial score (nSPS) is 12.3. The minimum absolute atomic E-state index is 0.372. The molecule has 106 valence electrons. The summed E-state index contributed by atoms with van der Waals surface area (Å²) in [6.45, 7) is 7.61. The standard InChI is InChI=1S/C18H24N2/c1-4-9-20-18(13-16-7-10-19-11-8-16)17-12-14(2)5-6-15(17)3/h5-8,10-12,18,20H,4,9,13H2,1-3H3. The van der Waals surface area contributed by atoms with E-state index >= 15 is 0 Å². The summed E-state index contributed by atoms with van der Waals surface area (Å²) in [6, 6.07) is 11.3. The van der Waals surface area contributed by atoms with Gasteiger partial charge in [-0.25, -0.2) is 0 Å². The molecule has 1 atom stereocenters. The number of hydrogen-bond donors (Lipinski definition) is 1. The van der Waals surface area contributed by atoms with Crippen LogP contribution in [-0.4, -0.2) is 11.5 Å². The molecule has 1 N–H and O–H groups in total. The van der Waals surface area contributed by atoms with Crippen LogP contribution in [0.1, 0.15) is 41.6 Å². The van der Waals surface area contributed by atoms with E-state index in [0.717, 1.165) is 19.4 Å². The molecule has 1 heterocycles. The quantitative estimate of drug-likeness (QED) is 0.857. The number of benzene rings is 1. The van der Waals surface area contributed by atoms with Crippen molar-refractivity contribution in [3.63, 3.8) is 0 Å². The summed E-state index contributed by atoms with van der Waals surface area (Å²) >= 11 is 0. The second-order valence-corrected chi connectivity index (χ2v) is 5.43. The lowest BCUT2D eigenvalue weighted by molar-refractivity contribution is 0.527. The Balaban J connectivity index is 2.24. The van der Waals surface area contributed by atoms with Crippen molar-refractivity contribution in [1.82, 2.24) is 10.3 Å². The van der Waals surface area contributed by atoms with Crippen molar-refractivity contribution in [3.05, 3.63) is 65.0 Å². The molecule has 0 saturated carbocycles. The number of nitrogens with one attached hydrogen (secondary N) is 1. The summed E-state index contributed by atoms with van der Waals surface area (Å²) in [5.74, 6) is 0. The molecule has 2 rings (SSSR count). The van der Waals surface area contributed by atoms with Crippen molar-refractivity contribution in [2.45, 2.75) is 39.7 Å². The molecule has 0 fully saturated rings. The average molecular weight is 268 g/mol. The molecule has 1 unspecified atom stereocenters. The van der Waals surface area contributed by atoms with Crippen LogP contribution in [-0.2, 0) is 6.42 Å². The maximum Gasteiger partial charge on any atom is 0.0363 e. The lowest BCUT2D eigenvalue weighted by atomic mass is 9.94. The van der Waals surface area contributed by atoms with Crippen LogP contribution in [0, 0.1) is 13.8 Å². The molecule has 1 aromatic heterocycles. The van der Waals surface area contributed by atoms with Gasteiger partial charge in [-0.1, -0.05) is 30.7 Å². The summed E-state index contributed by atoms with van der Waals surface area (Å²) in [5.41, 5.74) is 5.42. The van der Waals surface area contributed by atoms with Gasteiger partial charge in [-0.3, -0.25) is 4.98 Å². The van der Waals surface area contributed by atoms with Gasteiger partial charge in [-0.2, -0.15) is 0 Å². The summed E-state index contributed by atoms with van der Waals surface area (Å²) in [4.78, 5) is 4.10. The van der Waals surface area contributed by atoms with Crippen LogP contribution >= 0.6 is 0 Å². The topological polar surface area (TPSA) is 24.9 Å². The van der Waals surface area contributed by atoms with Crippen molar-refractivity contribution in [2.24, 2.45) is 0 Å². The highest BCUT2D eigenvalue weighted by Crippen LogP contribution is 2.23. The van der Waals surface area contributed by atoms with E-state index in [-0.39, 0.29) is 0 Å². The highest BCUT2D eigenvalue weighted by molar-refractivity contribution is 5.34.